The van der Waals surface area contributed by atoms with Crippen molar-refractivity contribution in [1.82, 2.24) is 4.98 Å². The van der Waals surface area contributed by atoms with E-state index in [0.717, 1.165) is 5.56 Å². The number of nitriles is 1. The molecule has 0 saturated carbocycles. The molecule has 17 heavy (non-hydrogen) atoms. The second kappa shape index (κ2) is 5.19. The first-order chi connectivity index (χ1) is 8.29. The number of ketones is 1. The Morgan fingerprint density at radius 2 is 2.35 bits per heavy atom. The summed E-state index contributed by atoms with van der Waals surface area (Å²) >= 11 is 1.31. The quantitative estimate of drug-likeness (QED) is 0.612. The standard InChI is InChI=1S/C13H8N2OS/c14-9-11-3-1-2-10(8-11)4-5-12(16)13-15-6-7-17-13/h1-8H. The number of carbonyl (C=O) groups is 1. The lowest BCUT2D eigenvalue weighted by atomic mass is 10.1. The molecule has 1 aromatic carbocycles. The van der Waals surface area contributed by atoms with Crippen molar-refractivity contribution in [3.63, 3.8) is 0 Å². The summed E-state index contributed by atoms with van der Waals surface area (Å²) in [6.45, 7) is 0. The zero-order valence-corrected chi connectivity index (χ0v) is 9.65. The van der Waals surface area contributed by atoms with Crippen molar-refractivity contribution in [2.75, 3.05) is 0 Å². The van der Waals surface area contributed by atoms with E-state index in [2.05, 4.69) is 11.1 Å². The third-order valence-corrected chi connectivity index (χ3v) is 2.87. The Hall–Kier alpha value is -2.25. The van der Waals surface area contributed by atoms with Crippen molar-refractivity contribution in [1.29, 1.82) is 5.26 Å². The summed E-state index contributed by atoms with van der Waals surface area (Å²) in [5.74, 6) is -0.123. The largest absolute Gasteiger partial charge is 0.287 e. The monoisotopic (exact) mass is 240 g/mol. The van der Waals surface area contributed by atoms with E-state index in [1.807, 2.05) is 6.07 Å². The maximum absolute atomic E-state index is 11.6. The average Bonchev–Trinajstić information content (AvgIpc) is 2.90. The maximum Gasteiger partial charge on any atom is 0.214 e. The van der Waals surface area contributed by atoms with Gasteiger partial charge < -0.3 is 0 Å². The van der Waals surface area contributed by atoms with Crippen LogP contribution >= 0.6 is 11.3 Å². The molecule has 0 aliphatic heterocycles. The van der Waals surface area contributed by atoms with E-state index in [1.54, 1.807) is 35.9 Å². The number of rotatable bonds is 3. The van der Waals surface area contributed by atoms with Crippen molar-refractivity contribution in [2.45, 2.75) is 0 Å². The molecule has 0 N–H and O–H groups in total. The van der Waals surface area contributed by atoms with Gasteiger partial charge in [-0.15, -0.1) is 11.3 Å². The highest BCUT2D eigenvalue weighted by Crippen LogP contribution is 2.09. The van der Waals surface area contributed by atoms with Gasteiger partial charge in [-0.3, -0.25) is 4.79 Å². The summed E-state index contributed by atoms with van der Waals surface area (Å²) in [4.78, 5) is 15.6. The van der Waals surface area contributed by atoms with E-state index in [-0.39, 0.29) is 5.78 Å². The molecule has 82 valence electrons. The van der Waals surface area contributed by atoms with Gasteiger partial charge in [-0.2, -0.15) is 5.26 Å². The normalized spacial score (nSPS) is 10.3. The van der Waals surface area contributed by atoms with Crippen LogP contribution in [0.3, 0.4) is 0 Å². The van der Waals surface area contributed by atoms with E-state index in [0.29, 0.717) is 10.6 Å². The minimum atomic E-state index is -0.123. The molecule has 1 heterocycles. The van der Waals surface area contributed by atoms with Crippen LogP contribution in [0.25, 0.3) is 6.08 Å². The van der Waals surface area contributed by atoms with E-state index in [4.69, 9.17) is 5.26 Å². The molecule has 2 aromatic rings. The number of hydrogen-bond donors (Lipinski definition) is 0. The number of hydrogen-bond acceptors (Lipinski definition) is 4. The average molecular weight is 240 g/mol. The Morgan fingerprint density at radius 1 is 1.47 bits per heavy atom. The molecule has 0 unspecified atom stereocenters. The molecule has 3 nitrogen and oxygen atoms in total. The van der Waals surface area contributed by atoms with Gasteiger partial charge in [-0.1, -0.05) is 18.2 Å². The summed E-state index contributed by atoms with van der Waals surface area (Å²) in [5.41, 5.74) is 1.41. The van der Waals surface area contributed by atoms with Crippen molar-refractivity contribution in [2.24, 2.45) is 0 Å². The number of benzene rings is 1. The Morgan fingerprint density at radius 3 is 3.06 bits per heavy atom. The van der Waals surface area contributed by atoms with Gasteiger partial charge in [0, 0.05) is 11.6 Å². The van der Waals surface area contributed by atoms with Gasteiger partial charge in [-0.25, -0.2) is 4.98 Å². The summed E-state index contributed by atoms with van der Waals surface area (Å²) < 4.78 is 0. The summed E-state index contributed by atoms with van der Waals surface area (Å²) in [6.07, 6.45) is 4.75. The number of nitrogens with zero attached hydrogens (tertiary/aromatic N) is 2. The van der Waals surface area contributed by atoms with Gasteiger partial charge in [0.2, 0.25) is 5.78 Å². The van der Waals surface area contributed by atoms with Crippen LogP contribution in [0.2, 0.25) is 0 Å². The predicted molar refractivity (Wildman–Crippen MR) is 66.6 cm³/mol. The second-order valence-electron chi connectivity index (χ2n) is 3.27. The first-order valence-electron chi connectivity index (χ1n) is 4.91. The van der Waals surface area contributed by atoms with Crippen LogP contribution < -0.4 is 0 Å². The van der Waals surface area contributed by atoms with Crippen LogP contribution in [0.5, 0.6) is 0 Å². The highest BCUT2D eigenvalue weighted by molar-refractivity contribution is 7.11. The molecule has 0 bridgehead atoms. The van der Waals surface area contributed by atoms with Gasteiger partial charge in [0.05, 0.1) is 11.6 Å². The van der Waals surface area contributed by atoms with Gasteiger partial charge in [0.1, 0.15) is 0 Å². The summed E-state index contributed by atoms with van der Waals surface area (Å²) in [6, 6.07) is 9.13. The molecule has 0 amide bonds. The number of allylic oxidation sites excluding steroid dienone is 1. The molecule has 0 spiro atoms. The lowest BCUT2D eigenvalue weighted by Gasteiger charge is -1.93. The fourth-order valence-electron chi connectivity index (χ4n) is 1.30. The van der Waals surface area contributed by atoms with Gasteiger partial charge in [-0.05, 0) is 23.8 Å². The summed E-state index contributed by atoms with van der Waals surface area (Å²) in [7, 11) is 0. The number of aromatic nitrogens is 1. The van der Waals surface area contributed by atoms with Crippen LogP contribution in [0.1, 0.15) is 20.9 Å². The Balaban J connectivity index is 2.16. The highest BCUT2D eigenvalue weighted by atomic mass is 32.1. The molecule has 0 radical (unpaired) electrons. The molecule has 1 aromatic heterocycles. The van der Waals surface area contributed by atoms with E-state index in [9.17, 15) is 4.79 Å². The lowest BCUT2D eigenvalue weighted by molar-refractivity contribution is 0.104. The SMILES string of the molecule is N#Cc1cccc(C=CC(=O)c2nccs2)c1. The van der Waals surface area contributed by atoms with Gasteiger partial charge in [0.15, 0.2) is 5.01 Å². The maximum atomic E-state index is 11.6. The lowest BCUT2D eigenvalue weighted by Crippen LogP contribution is -1.91. The molecule has 4 heteroatoms. The molecular weight excluding hydrogens is 232 g/mol. The van der Waals surface area contributed by atoms with Crippen LogP contribution in [-0.4, -0.2) is 10.8 Å². The Kier molecular flexibility index (Phi) is 3.43. The van der Waals surface area contributed by atoms with Gasteiger partial charge in [0.25, 0.3) is 0 Å². The third-order valence-electron chi connectivity index (χ3n) is 2.09. The Bertz CT molecular complexity index is 594. The van der Waals surface area contributed by atoms with Crippen LogP contribution in [-0.2, 0) is 0 Å². The van der Waals surface area contributed by atoms with E-state index in [1.165, 1.54) is 17.4 Å². The Labute approximate surface area is 103 Å². The zero-order valence-electron chi connectivity index (χ0n) is 8.83. The van der Waals surface area contributed by atoms with E-state index < -0.39 is 0 Å². The molecule has 0 aliphatic carbocycles. The van der Waals surface area contributed by atoms with Crippen LogP contribution in [0.15, 0.2) is 41.9 Å². The van der Waals surface area contributed by atoms with Crippen molar-refractivity contribution in [3.05, 3.63) is 58.1 Å². The smallest absolute Gasteiger partial charge is 0.214 e. The van der Waals surface area contributed by atoms with Gasteiger partial charge >= 0.3 is 0 Å². The fraction of sp³-hybridized carbons (Fsp3) is 0. The first-order valence-corrected chi connectivity index (χ1v) is 5.79. The highest BCUT2D eigenvalue weighted by Gasteiger charge is 2.03. The fourth-order valence-corrected chi connectivity index (χ4v) is 1.86. The third kappa shape index (κ3) is 2.86. The molecule has 0 aliphatic rings. The minimum Gasteiger partial charge on any atom is -0.287 e. The molecule has 0 saturated heterocycles. The van der Waals surface area contributed by atoms with E-state index >= 15 is 0 Å². The number of thiazole rings is 1. The second-order valence-corrected chi connectivity index (χ2v) is 4.17. The minimum absolute atomic E-state index is 0.123. The zero-order chi connectivity index (χ0) is 12.1. The number of carbonyl (C=O) groups excluding carboxylic acids is 1. The molecule has 0 atom stereocenters. The van der Waals surface area contributed by atoms with Crippen molar-refractivity contribution >= 4 is 23.2 Å². The molecular formula is C13H8N2OS. The van der Waals surface area contributed by atoms with Crippen molar-refractivity contribution in [3.8, 4) is 6.07 Å². The van der Waals surface area contributed by atoms with Crippen LogP contribution in [0.4, 0.5) is 0 Å². The van der Waals surface area contributed by atoms with Crippen molar-refractivity contribution < 1.29 is 4.79 Å². The topological polar surface area (TPSA) is 53.8 Å². The predicted octanol–water partition coefficient (Wildman–Crippen LogP) is 2.91. The molecule has 0 fully saturated rings. The molecule has 2 rings (SSSR count). The summed E-state index contributed by atoms with van der Waals surface area (Å²) in [5, 5.41) is 11.0. The van der Waals surface area contributed by atoms with Crippen LogP contribution in [0, 0.1) is 11.3 Å². The first kappa shape index (κ1) is 11.2.